The molecule has 0 spiro atoms. The van der Waals surface area contributed by atoms with Crippen LogP contribution in [0.15, 0.2) is 71.8 Å². The molecule has 0 saturated carbocycles. The molecular weight excluding hydrogens is 807 g/mol. The van der Waals surface area contributed by atoms with E-state index in [1.165, 1.54) is 18.0 Å². The normalized spacial score (nSPS) is 19.6. The summed E-state index contributed by atoms with van der Waals surface area (Å²) in [5, 5.41) is 3.33. The summed E-state index contributed by atoms with van der Waals surface area (Å²) in [5.41, 5.74) is -2.98. The predicted octanol–water partition coefficient (Wildman–Crippen LogP) is 6.66. The van der Waals surface area contributed by atoms with Crippen LogP contribution in [0.1, 0.15) is 85.6 Å². The highest BCUT2D eigenvalue weighted by atomic mass is 32.2. The fourth-order valence-corrected chi connectivity index (χ4v) is 11.6. The van der Waals surface area contributed by atoms with Gasteiger partial charge in [-0.05, 0) is 40.3 Å². The monoisotopic (exact) mass is 865 g/mol. The van der Waals surface area contributed by atoms with Crippen molar-refractivity contribution < 1.29 is 42.6 Å². The third kappa shape index (κ3) is 10.4. The number of anilines is 1. The van der Waals surface area contributed by atoms with Gasteiger partial charge in [-0.25, -0.2) is 4.98 Å². The zero-order chi connectivity index (χ0) is 43.8. The Morgan fingerprint density at radius 2 is 1.52 bits per heavy atom. The van der Waals surface area contributed by atoms with Crippen molar-refractivity contribution in [2.45, 2.75) is 121 Å². The van der Waals surface area contributed by atoms with E-state index < -0.39 is 67.3 Å². The lowest BCUT2D eigenvalue weighted by atomic mass is 9.79. The highest BCUT2D eigenvalue weighted by Crippen LogP contribution is 2.53. The Morgan fingerprint density at radius 3 is 2.03 bits per heavy atom. The topological polar surface area (TPSA) is 193 Å². The first-order valence-electron chi connectivity index (χ1n) is 20.4. The molecule has 1 amide bonds. The molecule has 3 unspecified atom stereocenters. The molecule has 326 valence electrons. The van der Waals surface area contributed by atoms with Gasteiger partial charge in [-0.1, -0.05) is 116 Å². The van der Waals surface area contributed by atoms with Gasteiger partial charge in [-0.3, -0.25) is 34.0 Å². The molecule has 17 heteroatoms. The highest BCUT2D eigenvalue weighted by molar-refractivity contribution is 8.00. The number of esters is 2. The van der Waals surface area contributed by atoms with Crippen molar-refractivity contribution in [2.24, 2.45) is 11.3 Å². The number of hydrogen-bond acceptors (Lipinski definition) is 13. The van der Waals surface area contributed by atoms with Gasteiger partial charge in [-0.2, -0.15) is 16.7 Å². The third-order valence-electron chi connectivity index (χ3n) is 10.7. The largest absolute Gasteiger partial charge is 0.460 e. The Hall–Kier alpha value is -4.39. The van der Waals surface area contributed by atoms with E-state index in [-0.39, 0.29) is 42.5 Å². The van der Waals surface area contributed by atoms with Crippen LogP contribution in [0.3, 0.4) is 0 Å². The number of thioether (sulfide) groups is 1. The molecule has 2 aromatic heterocycles. The van der Waals surface area contributed by atoms with Crippen LogP contribution < -0.4 is 10.9 Å². The van der Waals surface area contributed by atoms with E-state index in [0.29, 0.717) is 28.0 Å². The van der Waals surface area contributed by atoms with Gasteiger partial charge < -0.3 is 28.2 Å². The highest BCUT2D eigenvalue weighted by Gasteiger charge is 2.72. The Bertz CT molecular complexity index is 2060. The van der Waals surface area contributed by atoms with E-state index in [4.69, 9.17) is 23.4 Å². The van der Waals surface area contributed by atoms with Crippen molar-refractivity contribution in [3.8, 4) is 0 Å². The smallest absolute Gasteiger partial charge is 0.341 e. The Balaban J connectivity index is 1.73. The van der Waals surface area contributed by atoms with Crippen LogP contribution in [0.25, 0.3) is 11.2 Å². The molecular formula is C43H59N5O10SSi. The number of fused-ring (bicyclic) bond motifs is 1. The number of aromatic amines is 1. The summed E-state index contributed by atoms with van der Waals surface area (Å²) in [6.45, 7) is 14.8. The zero-order valence-electron chi connectivity index (χ0n) is 35.9. The molecule has 0 bridgehead atoms. The molecule has 1 fully saturated rings. The SMILES string of the molecule is COC[C@H]1O[C@@H](n2cnc3c(=O)[nH]c(NC(=O)C(C)C)nc32)C(C(=O)OCc2ccccc2)(C(=O)OCc2ccccc2)[C@@H]1O[Si](O)(C(C)C)C(C)CCC(C)SC(C)C. The molecule has 0 radical (unpaired) electrons. The number of aromatic nitrogens is 4. The van der Waals surface area contributed by atoms with Gasteiger partial charge in [0.25, 0.3) is 5.56 Å². The first-order valence-corrected chi connectivity index (χ1v) is 23.4. The molecule has 3 heterocycles. The third-order valence-corrected chi connectivity index (χ3v) is 16.0. The van der Waals surface area contributed by atoms with Crippen molar-refractivity contribution >= 4 is 55.3 Å². The van der Waals surface area contributed by atoms with Gasteiger partial charge in [0.2, 0.25) is 17.3 Å². The van der Waals surface area contributed by atoms with Crippen LogP contribution in [0.2, 0.25) is 11.1 Å². The summed E-state index contributed by atoms with van der Waals surface area (Å²) >= 11 is 1.85. The lowest BCUT2D eigenvalue weighted by molar-refractivity contribution is -0.188. The second kappa shape index (κ2) is 20.4. The minimum atomic E-state index is -3.95. The van der Waals surface area contributed by atoms with Crippen LogP contribution in [0.4, 0.5) is 5.95 Å². The van der Waals surface area contributed by atoms with Crippen LogP contribution in [0, 0.1) is 11.3 Å². The van der Waals surface area contributed by atoms with Crippen LogP contribution >= 0.6 is 11.8 Å². The molecule has 2 aromatic carbocycles. The average Bonchev–Trinajstić information content (AvgIpc) is 3.78. The summed E-state index contributed by atoms with van der Waals surface area (Å²) in [7, 11) is -2.50. The maximum absolute atomic E-state index is 15.3. The Kier molecular flexibility index (Phi) is 15.9. The second-order valence-electron chi connectivity index (χ2n) is 16.3. The number of rotatable bonds is 20. The zero-order valence-corrected chi connectivity index (χ0v) is 37.7. The van der Waals surface area contributed by atoms with Crippen molar-refractivity contribution in [1.82, 2.24) is 19.5 Å². The molecule has 6 atom stereocenters. The van der Waals surface area contributed by atoms with E-state index in [1.54, 1.807) is 62.4 Å². The summed E-state index contributed by atoms with van der Waals surface area (Å²) in [5.74, 6) is -3.17. The number of nitrogens with one attached hydrogen (secondary N) is 2. The first kappa shape index (κ1) is 46.7. The molecule has 1 saturated heterocycles. The summed E-state index contributed by atoms with van der Waals surface area (Å²) in [6, 6.07) is 17.9. The van der Waals surface area contributed by atoms with Crippen LogP contribution in [-0.4, -0.2) is 87.1 Å². The first-order chi connectivity index (χ1) is 28.5. The second-order valence-corrected chi connectivity index (χ2v) is 22.2. The number of carbonyl (C=O) groups is 3. The van der Waals surface area contributed by atoms with E-state index in [2.05, 4.69) is 41.0 Å². The van der Waals surface area contributed by atoms with Crippen LogP contribution in [-0.2, 0) is 51.0 Å². The molecule has 0 aliphatic carbocycles. The number of H-pyrrole nitrogens is 1. The van der Waals surface area contributed by atoms with Gasteiger partial charge in [-0.15, -0.1) is 0 Å². The Labute approximate surface area is 356 Å². The minimum absolute atomic E-state index is 0.114. The molecule has 60 heavy (non-hydrogen) atoms. The van der Waals surface area contributed by atoms with Gasteiger partial charge in [0.15, 0.2) is 17.4 Å². The van der Waals surface area contributed by atoms with E-state index in [0.717, 1.165) is 6.42 Å². The molecule has 15 nitrogen and oxygen atoms in total. The summed E-state index contributed by atoms with van der Waals surface area (Å²) in [6.07, 6.45) is -1.76. The van der Waals surface area contributed by atoms with E-state index in [1.807, 2.05) is 44.7 Å². The Morgan fingerprint density at radius 1 is 0.933 bits per heavy atom. The quantitative estimate of drug-likeness (QED) is 0.0486. The number of carbonyl (C=O) groups excluding carboxylic acids is 3. The number of imidazole rings is 1. The van der Waals surface area contributed by atoms with Crippen molar-refractivity contribution in [3.05, 3.63) is 88.5 Å². The fraction of sp³-hybridized carbons (Fsp3) is 0.535. The lowest BCUT2D eigenvalue weighted by Crippen LogP contribution is -2.60. The molecule has 5 rings (SSSR count). The van der Waals surface area contributed by atoms with Crippen molar-refractivity contribution in [1.29, 1.82) is 0 Å². The lowest BCUT2D eigenvalue weighted by Gasteiger charge is -2.42. The number of benzene rings is 2. The van der Waals surface area contributed by atoms with E-state index >= 15 is 9.59 Å². The average molecular weight is 866 g/mol. The fourth-order valence-electron chi connectivity index (χ4n) is 7.39. The predicted molar refractivity (Wildman–Crippen MR) is 231 cm³/mol. The van der Waals surface area contributed by atoms with Gasteiger partial charge in [0.05, 0.1) is 12.9 Å². The van der Waals surface area contributed by atoms with E-state index in [9.17, 15) is 14.4 Å². The van der Waals surface area contributed by atoms with Gasteiger partial charge in [0.1, 0.15) is 25.4 Å². The standard InChI is InChI=1S/C43H59N5O10SSi/c1-26(2)37(49)46-42-45-36-34(38(50)47-42)44-25-48(36)39-43(40(51)55-22-31-16-12-10-13-17-31,41(52)56-23-32-18-14-11-15-19-32)35(33(57-39)24-54-9)58-60(53,28(5)6)30(8)21-20-29(7)59-27(3)4/h10-19,25-30,33,35,39,53H,20-24H2,1-9H3,(H2,45,46,47,49,50)/t29?,30?,33-,35-,39-,60?/m1/s1. The maximum Gasteiger partial charge on any atom is 0.341 e. The van der Waals surface area contributed by atoms with Gasteiger partial charge in [0, 0.05) is 18.3 Å². The number of nitrogens with zero attached hydrogens (tertiary/aromatic N) is 3. The molecule has 1 aliphatic heterocycles. The maximum atomic E-state index is 15.3. The minimum Gasteiger partial charge on any atom is -0.460 e. The van der Waals surface area contributed by atoms with Crippen molar-refractivity contribution in [2.75, 3.05) is 19.0 Å². The van der Waals surface area contributed by atoms with Gasteiger partial charge >= 0.3 is 20.5 Å². The molecule has 3 N–H and O–H groups in total. The number of methoxy groups -OCH3 is 1. The number of amides is 1. The molecule has 4 aromatic rings. The number of ether oxygens (including phenoxy) is 4. The van der Waals surface area contributed by atoms with Crippen LogP contribution in [0.5, 0.6) is 0 Å². The number of hydrogen-bond donors (Lipinski definition) is 3. The molecule has 1 aliphatic rings. The van der Waals surface area contributed by atoms with Crippen molar-refractivity contribution in [3.63, 3.8) is 0 Å². The summed E-state index contributed by atoms with van der Waals surface area (Å²) in [4.78, 5) is 81.1. The summed E-state index contributed by atoms with van der Waals surface area (Å²) < 4.78 is 32.8.